The molecule has 106 valence electrons. The normalized spacial score (nSPS) is 21.3. The monoisotopic (exact) mass is 271 g/mol. The van der Waals surface area contributed by atoms with Gasteiger partial charge in [-0.3, -0.25) is 20.3 Å². The molecule has 0 saturated heterocycles. The molecule has 1 unspecified atom stereocenters. The number of aryl methyl sites for hydroxylation is 1. The SMILES string of the molecule is CC1NCNC(C)(C)c2c1ccnc2-c1cnn(C)c1. The van der Waals surface area contributed by atoms with Crippen molar-refractivity contribution in [1.82, 2.24) is 25.4 Å². The van der Waals surface area contributed by atoms with Gasteiger partial charge in [-0.2, -0.15) is 5.10 Å². The summed E-state index contributed by atoms with van der Waals surface area (Å²) in [5, 5.41) is 11.3. The van der Waals surface area contributed by atoms with Crippen LogP contribution in [0.2, 0.25) is 0 Å². The van der Waals surface area contributed by atoms with E-state index in [1.165, 1.54) is 11.1 Å². The van der Waals surface area contributed by atoms with Gasteiger partial charge in [0, 0.05) is 48.8 Å². The second kappa shape index (κ2) is 4.68. The fourth-order valence-electron chi connectivity index (χ4n) is 2.88. The number of nitrogens with zero attached hydrogens (tertiary/aromatic N) is 3. The zero-order chi connectivity index (χ0) is 14.3. The molecule has 3 rings (SSSR count). The van der Waals surface area contributed by atoms with Gasteiger partial charge in [0.15, 0.2) is 0 Å². The summed E-state index contributed by atoms with van der Waals surface area (Å²) in [5.74, 6) is 0. The lowest BCUT2D eigenvalue weighted by atomic mass is 9.85. The molecule has 1 atom stereocenters. The third-order valence-corrected chi connectivity index (χ3v) is 3.99. The van der Waals surface area contributed by atoms with Crippen molar-refractivity contribution in [3.05, 3.63) is 35.8 Å². The molecule has 20 heavy (non-hydrogen) atoms. The van der Waals surface area contributed by atoms with Crippen molar-refractivity contribution in [3.8, 4) is 11.3 Å². The van der Waals surface area contributed by atoms with Gasteiger partial charge < -0.3 is 0 Å². The minimum Gasteiger partial charge on any atom is -0.298 e. The predicted octanol–water partition coefficient (Wildman–Crippen LogP) is 1.93. The lowest BCUT2D eigenvalue weighted by Gasteiger charge is -2.28. The van der Waals surface area contributed by atoms with E-state index in [9.17, 15) is 0 Å². The summed E-state index contributed by atoms with van der Waals surface area (Å²) in [5.41, 5.74) is 4.50. The van der Waals surface area contributed by atoms with Gasteiger partial charge >= 0.3 is 0 Å². The summed E-state index contributed by atoms with van der Waals surface area (Å²) >= 11 is 0. The first-order valence-electron chi connectivity index (χ1n) is 6.96. The van der Waals surface area contributed by atoms with E-state index in [0.717, 1.165) is 17.9 Å². The Balaban J connectivity index is 2.25. The Labute approximate surface area is 119 Å². The Bertz CT molecular complexity index is 629. The van der Waals surface area contributed by atoms with E-state index < -0.39 is 0 Å². The van der Waals surface area contributed by atoms with Crippen LogP contribution in [0.4, 0.5) is 0 Å². The number of fused-ring (bicyclic) bond motifs is 1. The molecule has 0 spiro atoms. The zero-order valence-corrected chi connectivity index (χ0v) is 12.4. The molecule has 0 saturated carbocycles. The largest absolute Gasteiger partial charge is 0.298 e. The quantitative estimate of drug-likeness (QED) is 0.832. The van der Waals surface area contributed by atoms with Crippen molar-refractivity contribution in [3.63, 3.8) is 0 Å². The van der Waals surface area contributed by atoms with Crippen molar-refractivity contribution < 1.29 is 0 Å². The standard InChI is InChI=1S/C15H21N5/c1-10-12-5-6-16-14(11-7-19-20(4)8-11)13(12)15(2,3)18-9-17-10/h5-8,10,17-18H,9H2,1-4H3. The summed E-state index contributed by atoms with van der Waals surface area (Å²) in [4.78, 5) is 4.63. The molecule has 1 aliphatic rings. The fourth-order valence-corrected chi connectivity index (χ4v) is 2.88. The Morgan fingerprint density at radius 3 is 2.90 bits per heavy atom. The highest BCUT2D eigenvalue weighted by Gasteiger charge is 2.31. The van der Waals surface area contributed by atoms with Crippen LogP contribution >= 0.6 is 0 Å². The van der Waals surface area contributed by atoms with Crippen LogP contribution < -0.4 is 10.6 Å². The molecular weight excluding hydrogens is 250 g/mol. The number of hydrogen-bond donors (Lipinski definition) is 2. The van der Waals surface area contributed by atoms with Crippen LogP contribution in [0.3, 0.4) is 0 Å². The van der Waals surface area contributed by atoms with Crippen LogP contribution in [-0.4, -0.2) is 21.4 Å². The number of aromatic nitrogens is 3. The van der Waals surface area contributed by atoms with Gasteiger partial charge in [0.1, 0.15) is 0 Å². The first-order valence-corrected chi connectivity index (χ1v) is 6.96. The topological polar surface area (TPSA) is 54.8 Å². The van der Waals surface area contributed by atoms with E-state index in [0.29, 0.717) is 6.04 Å². The summed E-state index contributed by atoms with van der Waals surface area (Å²) in [6, 6.07) is 2.42. The fraction of sp³-hybridized carbons (Fsp3) is 0.467. The molecule has 3 heterocycles. The first-order chi connectivity index (χ1) is 9.49. The highest BCUT2D eigenvalue weighted by Crippen LogP contribution is 2.36. The molecule has 2 N–H and O–H groups in total. The Kier molecular flexibility index (Phi) is 3.11. The molecule has 0 radical (unpaired) electrons. The molecule has 0 aromatic carbocycles. The lowest BCUT2D eigenvalue weighted by molar-refractivity contribution is 0.394. The molecule has 5 heteroatoms. The highest BCUT2D eigenvalue weighted by atomic mass is 15.2. The summed E-state index contributed by atoms with van der Waals surface area (Å²) in [6.07, 6.45) is 5.78. The van der Waals surface area contributed by atoms with E-state index >= 15 is 0 Å². The Hall–Kier alpha value is -1.72. The van der Waals surface area contributed by atoms with Crippen molar-refractivity contribution in [2.24, 2.45) is 7.05 Å². The van der Waals surface area contributed by atoms with Crippen LogP contribution in [0.15, 0.2) is 24.7 Å². The molecule has 0 fully saturated rings. The number of rotatable bonds is 1. The number of hydrogen-bond acceptors (Lipinski definition) is 4. The maximum atomic E-state index is 4.63. The molecule has 2 aromatic heterocycles. The lowest BCUT2D eigenvalue weighted by Crippen LogP contribution is -2.40. The third-order valence-electron chi connectivity index (χ3n) is 3.99. The van der Waals surface area contributed by atoms with Gasteiger partial charge in [-0.25, -0.2) is 0 Å². The van der Waals surface area contributed by atoms with Gasteiger partial charge in [-0.1, -0.05) is 0 Å². The minimum atomic E-state index is -0.132. The highest BCUT2D eigenvalue weighted by molar-refractivity contribution is 5.65. The Morgan fingerprint density at radius 1 is 1.40 bits per heavy atom. The molecular formula is C15H21N5. The van der Waals surface area contributed by atoms with Crippen molar-refractivity contribution in [1.29, 1.82) is 0 Å². The maximum absolute atomic E-state index is 4.63. The van der Waals surface area contributed by atoms with Crippen molar-refractivity contribution in [2.75, 3.05) is 6.67 Å². The minimum absolute atomic E-state index is 0.132. The van der Waals surface area contributed by atoms with Crippen LogP contribution in [0.5, 0.6) is 0 Å². The molecule has 1 aliphatic heterocycles. The van der Waals surface area contributed by atoms with Crippen LogP contribution in [0.25, 0.3) is 11.3 Å². The van der Waals surface area contributed by atoms with Gasteiger partial charge in [0.2, 0.25) is 0 Å². The second-order valence-electron chi connectivity index (χ2n) is 5.93. The molecule has 2 aromatic rings. The molecule has 0 aliphatic carbocycles. The van der Waals surface area contributed by atoms with Gasteiger partial charge in [-0.15, -0.1) is 0 Å². The van der Waals surface area contributed by atoms with Crippen molar-refractivity contribution in [2.45, 2.75) is 32.4 Å². The summed E-state index contributed by atoms with van der Waals surface area (Å²) < 4.78 is 1.81. The van der Waals surface area contributed by atoms with E-state index in [4.69, 9.17) is 0 Å². The molecule has 5 nitrogen and oxygen atoms in total. The average molecular weight is 271 g/mol. The second-order valence-corrected chi connectivity index (χ2v) is 5.93. The first kappa shape index (κ1) is 13.3. The number of nitrogens with one attached hydrogen (secondary N) is 2. The average Bonchev–Trinajstić information content (AvgIpc) is 2.79. The molecule has 0 amide bonds. The summed E-state index contributed by atoms with van der Waals surface area (Å²) in [7, 11) is 1.93. The smallest absolute Gasteiger partial charge is 0.0787 e. The predicted molar refractivity (Wildman–Crippen MR) is 79.0 cm³/mol. The third kappa shape index (κ3) is 2.13. The van der Waals surface area contributed by atoms with Crippen molar-refractivity contribution >= 4 is 0 Å². The zero-order valence-electron chi connectivity index (χ0n) is 12.4. The molecule has 0 bridgehead atoms. The van der Waals surface area contributed by atoms with Crippen LogP contribution in [0, 0.1) is 0 Å². The van der Waals surface area contributed by atoms with Gasteiger partial charge in [0.25, 0.3) is 0 Å². The van der Waals surface area contributed by atoms with E-state index in [1.807, 2.05) is 30.3 Å². The van der Waals surface area contributed by atoms with Gasteiger partial charge in [0.05, 0.1) is 11.9 Å². The van der Waals surface area contributed by atoms with Crippen LogP contribution in [-0.2, 0) is 12.6 Å². The maximum Gasteiger partial charge on any atom is 0.0787 e. The van der Waals surface area contributed by atoms with E-state index in [-0.39, 0.29) is 5.54 Å². The van der Waals surface area contributed by atoms with E-state index in [1.54, 1.807) is 0 Å². The van der Waals surface area contributed by atoms with E-state index in [2.05, 4.69) is 47.6 Å². The Morgan fingerprint density at radius 2 is 2.20 bits per heavy atom. The number of pyridine rings is 1. The summed E-state index contributed by atoms with van der Waals surface area (Å²) in [6.45, 7) is 7.38. The van der Waals surface area contributed by atoms with Gasteiger partial charge in [-0.05, 0) is 32.4 Å². The van der Waals surface area contributed by atoms with Crippen LogP contribution in [0.1, 0.15) is 37.9 Å².